The lowest BCUT2D eigenvalue weighted by atomic mass is 10.1. The van der Waals surface area contributed by atoms with Crippen molar-refractivity contribution in [3.63, 3.8) is 0 Å². The Kier molecular flexibility index (Phi) is 5.51. The van der Waals surface area contributed by atoms with Gasteiger partial charge in [-0.1, -0.05) is 24.3 Å². The zero-order valence-corrected chi connectivity index (χ0v) is 13.6. The smallest absolute Gasteiger partial charge is 0.118 e. The van der Waals surface area contributed by atoms with Gasteiger partial charge in [-0.2, -0.15) is 0 Å². The van der Waals surface area contributed by atoms with Gasteiger partial charge in [-0.05, 0) is 35.4 Å². The third-order valence-electron chi connectivity index (χ3n) is 4.13. The van der Waals surface area contributed by atoms with E-state index < -0.39 is 0 Å². The summed E-state index contributed by atoms with van der Waals surface area (Å²) in [6, 6.07) is 17.0. The first-order valence-electron chi connectivity index (χ1n) is 8.10. The van der Waals surface area contributed by atoms with Gasteiger partial charge in [0.1, 0.15) is 5.75 Å². The lowest BCUT2D eigenvalue weighted by Crippen LogP contribution is -2.36. The van der Waals surface area contributed by atoms with Gasteiger partial charge in [0.25, 0.3) is 0 Å². The van der Waals surface area contributed by atoms with Crippen molar-refractivity contribution in [2.24, 2.45) is 0 Å². The minimum atomic E-state index is 0.825. The van der Waals surface area contributed by atoms with Gasteiger partial charge in [0.2, 0.25) is 0 Å². The van der Waals surface area contributed by atoms with Gasteiger partial charge in [-0.15, -0.1) is 0 Å². The quantitative estimate of drug-likeness (QED) is 0.889. The third kappa shape index (κ3) is 4.47. The van der Waals surface area contributed by atoms with Crippen LogP contribution in [-0.4, -0.2) is 33.4 Å². The van der Waals surface area contributed by atoms with Crippen LogP contribution < -0.4 is 15.0 Å². The first kappa shape index (κ1) is 15.8. The molecule has 0 atom stereocenters. The molecule has 1 aliphatic heterocycles. The monoisotopic (exact) mass is 312 g/mol. The molecule has 1 heterocycles. The number of methoxy groups -OCH3 is 1. The summed E-state index contributed by atoms with van der Waals surface area (Å²) in [7, 11) is 1.69. The first-order chi connectivity index (χ1) is 11.3. The molecule has 4 nitrogen and oxygen atoms in total. The Bertz CT molecular complexity index is 590. The molecule has 0 saturated carbocycles. The molecule has 1 aliphatic rings. The van der Waals surface area contributed by atoms with Gasteiger partial charge in [0, 0.05) is 31.9 Å². The van der Waals surface area contributed by atoms with Crippen molar-refractivity contribution in [1.82, 2.24) is 5.32 Å². The predicted octanol–water partition coefficient (Wildman–Crippen LogP) is 2.82. The zero-order valence-electron chi connectivity index (χ0n) is 13.6. The molecule has 3 rings (SSSR count). The number of morpholine rings is 1. The summed E-state index contributed by atoms with van der Waals surface area (Å²) < 4.78 is 10.6. The highest BCUT2D eigenvalue weighted by atomic mass is 16.5. The Balaban J connectivity index is 1.48. The summed E-state index contributed by atoms with van der Waals surface area (Å²) in [4.78, 5) is 2.37. The summed E-state index contributed by atoms with van der Waals surface area (Å²) in [6.45, 7) is 5.34. The van der Waals surface area contributed by atoms with Crippen molar-refractivity contribution >= 4 is 5.69 Å². The molecule has 0 amide bonds. The zero-order chi connectivity index (χ0) is 15.9. The van der Waals surface area contributed by atoms with Crippen molar-refractivity contribution in [3.8, 4) is 5.75 Å². The Labute approximate surface area is 138 Å². The minimum Gasteiger partial charge on any atom is -0.497 e. The summed E-state index contributed by atoms with van der Waals surface area (Å²) >= 11 is 0. The van der Waals surface area contributed by atoms with Gasteiger partial charge in [0.15, 0.2) is 0 Å². The van der Waals surface area contributed by atoms with Crippen LogP contribution in [0, 0.1) is 0 Å². The summed E-state index contributed by atoms with van der Waals surface area (Å²) in [5, 5.41) is 3.48. The summed E-state index contributed by atoms with van der Waals surface area (Å²) in [5.41, 5.74) is 3.85. The average Bonchev–Trinajstić information content (AvgIpc) is 2.64. The molecule has 23 heavy (non-hydrogen) atoms. The van der Waals surface area contributed by atoms with E-state index in [4.69, 9.17) is 9.47 Å². The van der Waals surface area contributed by atoms with Gasteiger partial charge >= 0.3 is 0 Å². The molecule has 1 fully saturated rings. The normalized spacial score (nSPS) is 14.7. The van der Waals surface area contributed by atoms with E-state index in [-0.39, 0.29) is 0 Å². The minimum absolute atomic E-state index is 0.825. The van der Waals surface area contributed by atoms with Crippen LogP contribution in [-0.2, 0) is 17.8 Å². The van der Waals surface area contributed by atoms with E-state index in [2.05, 4.69) is 46.6 Å². The fourth-order valence-corrected chi connectivity index (χ4v) is 2.74. The Hall–Kier alpha value is -2.04. The number of nitrogens with one attached hydrogen (secondary N) is 1. The predicted molar refractivity (Wildman–Crippen MR) is 93.0 cm³/mol. The van der Waals surface area contributed by atoms with Gasteiger partial charge < -0.3 is 19.7 Å². The molecule has 1 N–H and O–H groups in total. The van der Waals surface area contributed by atoms with Crippen LogP contribution in [0.5, 0.6) is 5.75 Å². The average molecular weight is 312 g/mol. The first-order valence-corrected chi connectivity index (χ1v) is 8.10. The lowest BCUT2D eigenvalue weighted by molar-refractivity contribution is 0.122. The van der Waals surface area contributed by atoms with Crippen molar-refractivity contribution in [1.29, 1.82) is 0 Å². The number of hydrogen-bond acceptors (Lipinski definition) is 4. The third-order valence-corrected chi connectivity index (χ3v) is 4.13. The maximum atomic E-state index is 5.40. The second-order valence-corrected chi connectivity index (χ2v) is 5.72. The van der Waals surface area contributed by atoms with Crippen LogP contribution in [0.2, 0.25) is 0 Å². The molecule has 2 aromatic rings. The molecule has 0 bridgehead atoms. The van der Waals surface area contributed by atoms with Crippen LogP contribution in [0.3, 0.4) is 0 Å². The SMILES string of the molecule is COc1ccc(CNCc2ccc(N3CCOCC3)cc2)cc1. The largest absolute Gasteiger partial charge is 0.497 e. The second kappa shape index (κ2) is 7.99. The van der Waals surface area contributed by atoms with E-state index in [1.54, 1.807) is 7.11 Å². The molecule has 0 unspecified atom stereocenters. The van der Waals surface area contributed by atoms with Crippen LogP contribution in [0.25, 0.3) is 0 Å². The number of hydrogen-bond donors (Lipinski definition) is 1. The van der Waals surface area contributed by atoms with E-state index in [9.17, 15) is 0 Å². The maximum Gasteiger partial charge on any atom is 0.118 e. The molecular weight excluding hydrogens is 288 g/mol. The molecule has 0 spiro atoms. The number of benzene rings is 2. The maximum absolute atomic E-state index is 5.40. The van der Waals surface area contributed by atoms with Gasteiger partial charge in [0.05, 0.1) is 20.3 Å². The highest BCUT2D eigenvalue weighted by molar-refractivity contribution is 5.47. The van der Waals surface area contributed by atoms with E-state index in [0.717, 1.165) is 45.1 Å². The Morgan fingerprint density at radius 2 is 1.48 bits per heavy atom. The van der Waals surface area contributed by atoms with Crippen molar-refractivity contribution in [2.45, 2.75) is 13.1 Å². The van der Waals surface area contributed by atoms with Crippen molar-refractivity contribution in [3.05, 3.63) is 59.7 Å². The second-order valence-electron chi connectivity index (χ2n) is 5.72. The van der Waals surface area contributed by atoms with E-state index in [1.807, 2.05) is 12.1 Å². The lowest BCUT2D eigenvalue weighted by Gasteiger charge is -2.28. The molecule has 0 radical (unpaired) electrons. The molecular formula is C19H24N2O2. The van der Waals surface area contributed by atoms with Crippen LogP contribution >= 0.6 is 0 Å². The molecule has 122 valence electrons. The Morgan fingerprint density at radius 1 is 0.913 bits per heavy atom. The molecule has 4 heteroatoms. The van der Waals surface area contributed by atoms with Gasteiger partial charge in [-0.25, -0.2) is 0 Å². The fraction of sp³-hybridized carbons (Fsp3) is 0.368. The van der Waals surface area contributed by atoms with Crippen LogP contribution in [0.1, 0.15) is 11.1 Å². The van der Waals surface area contributed by atoms with E-state index in [0.29, 0.717) is 0 Å². The molecule has 2 aromatic carbocycles. The van der Waals surface area contributed by atoms with Crippen molar-refractivity contribution < 1.29 is 9.47 Å². The molecule has 0 aliphatic carbocycles. The number of rotatable bonds is 6. The number of ether oxygens (including phenoxy) is 2. The standard InChI is InChI=1S/C19H24N2O2/c1-22-19-8-4-17(5-9-19)15-20-14-16-2-6-18(7-3-16)21-10-12-23-13-11-21/h2-9,20H,10-15H2,1H3. The highest BCUT2D eigenvalue weighted by Gasteiger charge is 2.10. The van der Waals surface area contributed by atoms with Crippen molar-refractivity contribution in [2.75, 3.05) is 38.3 Å². The molecule has 1 saturated heterocycles. The number of nitrogens with zero attached hydrogens (tertiary/aromatic N) is 1. The Morgan fingerprint density at radius 3 is 2.04 bits per heavy atom. The topological polar surface area (TPSA) is 33.7 Å². The van der Waals surface area contributed by atoms with Gasteiger partial charge in [-0.3, -0.25) is 0 Å². The van der Waals surface area contributed by atoms with E-state index >= 15 is 0 Å². The summed E-state index contributed by atoms with van der Waals surface area (Å²) in [6.07, 6.45) is 0. The van der Waals surface area contributed by atoms with Crippen LogP contribution in [0.15, 0.2) is 48.5 Å². The van der Waals surface area contributed by atoms with E-state index in [1.165, 1.54) is 16.8 Å². The highest BCUT2D eigenvalue weighted by Crippen LogP contribution is 2.17. The number of anilines is 1. The van der Waals surface area contributed by atoms with Crippen LogP contribution in [0.4, 0.5) is 5.69 Å². The fourth-order valence-electron chi connectivity index (χ4n) is 2.74. The molecule has 0 aromatic heterocycles. The summed E-state index contributed by atoms with van der Waals surface area (Å²) in [5.74, 6) is 0.896.